The van der Waals surface area contributed by atoms with Gasteiger partial charge in [0.2, 0.25) is 5.91 Å². The maximum atomic E-state index is 12.9. The highest BCUT2D eigenvalue weighted by Crippen LogP contribution is 2.26. The van der Waals surface area contributed by atoms with Crippen molar-refractivity contribution in [1.29, 1.82) is 0 Å². The number of hydrogen-bond donors (Lipinski definition) is 1. The van der Waals surface area contributed by atoms with Crippen LogP contribution in [-0.2, 0) is 4.79 Å². The molecule has 34 heavy (non-hydrogen) atoms. The molecule has 0 bridgehead atoms. The Balaban J connectivity index is 1.28. The minimum Gasteiger partial charge on any atom is -0.354 e. The third-order valence-electron chi connectivity index (χ3n) is 6.11. The summed E-state index contributed by atoms with van der Waals surface area (Å²) in [6, 6.07) is 19.5. The molecule has 2 aromatic heterocycles. The lowest BCUT2D eigenvalue weighted by Crippen LogP contribution is -2.41. The molecule has 1 fully saturated rings. The number of halogens is 1. The summed E-state index contributed by atoms with van der Waals surface area (Å²) in [6.07, 6.45) is 5.39. The molecule has 1 aliphatic rings. The maximum absolute atomic E-state index is 12.9. The van der Waals surface area contributed by atoms with Gasteiger partial charge in [-0.2, -0.15) is 0 Å². The number of aryl methyl sites for hydroxylation is 1. The van der Waals surface area contributed by atoms with Gasteiger partial charge in [-0.25, -0.2) is 4.98 Å². The molecule has 1 aliphatic heterocycles. The van der Waals surface area contributed by atoms with E-state index in [2.05, 4.69) is 25.4 Å². The Kier molecular flexibility index (Phi) is 6.27. The van der Waals surface area contributed by atoms with E-state index in [0.717, 1.165) is 47.8 Å². The number of benzene rings is 2. The van der Waals surface area contributed by atoms with Crippen molar-refractivity contribution in [3.05, 3.63) is 83.6 Å². The summed E-state index contributed by atoms with van der Waals surface area (Å²) in [7, 11) is 0. The van der Waals surface area contributed by atoms with E-state index >= 15 is 0 Å². The summed E-state index contributed by atoms with van der Waals surface area (Å²) in [5, 5.41) is 12.6. The van der Waals surface area contributed by atoms with Crippen LogP contribution in [0.25, 0.3) is 17.2 Å². The summed E-state index contributed by atoms with van der Waals surface area (Å²) in [6.45, 7) is 3.38. The number of rotatable bonds is 5. The van der Waals surface area contributed by atoms with Crippen molar-refractivity contribution in [2.75, 3.05) is 23.3 Å². The van der Waals surface area contributed by atoms with E-state index in [-0.39, 0.29) is 11.8 Å². The first kappa shape index (κ1) is 22.1. The van der Waals surface area contributed by atoms with Crippen molar-refractivity contribution in [2.45, 2.75) is 19.8 Å². The van der Waals surface area contributed by atoms with E-state index < -0.39 is 0 Å². The van der Waals surface area contributed by atoms with Crippen molar-refractivity contribution >= 4 is 29.0 Å². The first-order valence-corrected chi connectivity index (χ1v) is 11.7. The zero-order valence-corrected chi connectivity index (χ0v) is 19.6. The molecule has 1 unspecified atom stereocenters. The lowest BCUT2D eigenvalue weighted by molar-refractivity contribution is -0.120. The van der Waals surface area contributed by atoms with Crippen molar-refractivity contribution in [2.24, 2.45) is 5.92 Å². The largest absolute Gasteiger partial charge is 0.354 e. The molecule has 0 spiro atoms. The van der Waals surface area contributed by atoms with E-state index in [0.29, 0.717) is 17.4 Å². The second-order valence-corrected chi connectivity index (χ2v) is 8.88. The number of imidazole rings is 1. The summed E-state index contributed by atoms with van der Waals surface area (Å²) < 4.78 is 1.92. The molecule has 3 heterocycles. The monoisotopic (exact) mass is 472 g/mol. The van der Waals surface area contributed by atoms with E-state index in [1.54, 1.807) is 12.3 Å². The first-order valence-electron chi connectivity index (χ1n) is 11.3. The van der Waals surface area contributed by atoms with Gasteiger partial charge >= 0.3 is 0 Å². The molecular weight excluding hydrogens is 448 g/mol. The normalized spacial score (nSPS) is 15.8. The highest BCUT2D eigenvalue weighted by Gasteiger charge is 2.27. The third kappa shape index (κ3) is 4.65. The van der Waals surface area contributed by atoms with Crippen LogP contribution >= 0.6 is 11.6 Å². The Bertz CT molecular complexity index is 1290. The Hall–Kier alpha value is -3.71. The Morgan fingerprint density at radius 1 is 1.06 bits per heavy atom. The Labute approximate surface area is 203 Å². The zero-order chi connectivity index (χ0) is 23.5. The number of aromatic nitrogens is 4. The van der Waals surface area contributed by atoms with Gasteiger partial charge in [-0.1, -0.05) is 48.0 Å². The molecule has 0 saturated carbocycles. The van der Waals surface area contributed by atoms with Gasteiger partial charge in [-0.3, -0.25) is 9.36 Å². The van der Waals surface area contributed by atoms with Gasteiger partial charge in [-0.05, 0) is 49.6 Å². The molecule has 0 aliphatic carbocycles. The van der Waals surface area contributed by atoms with Gasteiger partial charge in [0.15, 0.2) is 11.6 Å². The van der Waals surface area contributed by atoms with Crippen LogP contribution in [0.1, 0.15) is 18.4 Å². The van der Waals surface area contributed by atoms with Gasteiger partial charge < -0.3 is 10.2 Å². The van der Waals surface area contributed by atoms with Crippen LogP contribution in [0.15, 0.2) is 73.1 Å². The van der Waals surface area contributed by atoms with Gasteiger partial charge in [0, 0.05) is 41.8 Å². The zero-order valence-electron chi connectivity index (χ0n) is 18.9. The van der Waals surface area contributed by atoms with Gasteiger partial charge in [-0.15, -0.1) is 10.2 Å². The number of anilines is 2. The number of nitrogens with zero attached hydrogens (tertiary/aromatic N) is 5. The van der Waals surface area contributed by atoms with E-state index in [9.17, 15) is 4.79 Å². The topological polar surface area (TPSA) is 75.9 Å². The van der Waals surface area contributed by atoms with E-state index in [1.165, 1.54) is 0 Å². The van der Waals surface area contributed by atoms with E-state index in [1.807, 2.05) is 72.3 Å². The third-order valence-corrected chi connectivity index (χ3v) is 6.52. The molecule has 5 rings (SSSR count). The van der Waals surface area contributed by atoms with Crippen molar-refractivity contribution in [1.82, 2.24) is 19.7 Å². The smallest absolute Gasteiger partial charge is 0.229 e. The molecule has 172 valence electrons. The van der Waals surface area contributed by atoms with Crippen LogP contribution in [0.3, 0.4) is 0 Å². The van der Waals surface area contributed by atoms with Crippen LogP contribution < -0.4 is 10.2 Å². The molecule has 1 saturated heterocycles. The van der Waals surface area contributed by atoms with E-state index in [4.69, 9.17) is 11.6 Å². The number of amides is 1. The quantitative estimate of drug-likeness (QED) is 0.435. The fourth-order valence-electron chi connectivity index (χ4n) is 4.22. The van der Waals surface area contributed by atoms with Crippen LogP contribution in [0.4, 0.5) is 11.5 Å². The highest BCUT2D eigenvalue weighted by atomic mass is 35.5. The average molecular weight is 473 g/mol. The molecule has 2 aromatic carbocycles. The van der Waals surface area contributed by atoms with Crippen molar-refractivity contribution in [3.63, 3.8) is 0 Å². The standard InChI is InChI=1S/C26H25ClN6O/c1-18-9-10-21(16-22(18)27)29-26(34)20-8-5-14-32(17-20)23-11-12-24(31-30-23)33-15-13-28-25(33)19-6-3-2-4-7-19/h2-4,6-7,9-13,15-16,20H,5,8,14,17H2,1H3,(H,29,34). The predicted octanol–water partition coefficient (Wildman–Crippen LogP) is 5.15. The highest BCUT2D eigenvalue weighted by molar-refractivity contribution is 6.31. The van der Waals surface area contributed by atoms with Gasteiger partial charge in [0.05, 0.1) is 5.92 Å². The Morgan fingerprint density at radius 2 is 1.85 bits per heavy atom. The Morgan fingerprint density at radius 3 is 2.62 bits per heavy atom. The lowest BCUT2D eigenvalue weighted by atomic mass is 9.97. The van der Waals surface area contributed by atoms with Gasteiger partial charge in [0.1, 0.15) is 5.82 Å². The predicted molar refractivity (Wildman–Crippen MR) is 134 cm³/mol. The number of nitrogens with one attached hydrogen (secondary N) is 1. The fourth-order valence-corrected chi connectivity index (χ4v) is 4.40. The van der Waals surface area contributed by atoms with Crippen molar-refractivity contribution < 1.29 is 4.79 Å². The van der Waals surface area contributed by atoms with Crippen molar-refractivity contribution in [3.8, 4) is 17.2 Å². The summed E-state index contributed by atoms with van der Waals surface area (Å²) in [5.41, 5.74) is 2.71. The van der Waals surface area contributed by atoms with Crippen LogP contribution in [-0.4, -0.2) is 38.7 Å². The molecule has 7 nitrogen and oxygen atoms in total. The number of piperidine rings is 1. The number of hydrogen-bond acceptors (Lipinski definition) is 5. The van der Waals surface area contributed by atoms with Crippen LogP contribution in [0, 0.1) is 12.8 Å². The molecular formula is C26H25ClN6O. The minimum absolute atomic E-state index is 0.000109. The first-order chi connectivity index (χ1) is 16.6. The second-order valence-electron chi connectivity index (χ2n) is 8.47. The summed E-state index contributed by atoms with van der Waals surface area (Å²) in [4.78, 5) is 19.5. The van der Waals surface area contributed by atoms with Crippen LogP contribution in [0.2, 0.25) is 5.02 Å². The minimum atomic E-state index is -0.131. The number of carbonyl (C=O) groups excluding carboxylic acids is 1. The van der Waals surface area contributed by atoms with Gasteiger partial charge in [0.25, 0.3) is 0 Å². The molecule has 4 aromatic rings. The summed E-state index contributed by atoms with van der Waals surface area (Å²) in [5.74, 6) is 2.14. The van der Waals surface area contributed by atoms with Crippen LogP contribution in [0.5, 0.6) is 0 Å². The molecule has 8 heteroatoms. The SMILES string of the molecule is Cc1ccc(NC(=O)C2CCCN(c3ccc(-n4ccnc4-c4ccccc4)nn3)C2)cc1Cl. The lowest BCUT2D eigenvalue weighted by Gasteiger charge is -2.32. The summed E-state index contributed by atoms with van der Waals surface area (Å²) >= 11 is 6.20. The molecule has 1 atom stereocenters. The molecule has 1 amide bonds. The molecule has 0 radical (unpaired) electrons. The number of carbonyl (C=O) groups is 1. The molecule has 1 N–H and O–H groups in total. The second kappa shape index (κ2) is 9.65. The maximum Gasteiger partial charge on any atom is 0.229 e. The fraction of sp³-hybridized carbons (Fsp3) is 0.231. The average Bonchev–Trinajstić information content (AvgIpc) is 3.37.